The highest BCUT2D eigenvalue weighted by Gasteiger charge is 2.14. The van der Waals surface area contributed by atoms with Crippen molar-refractivity contribution in [1.29, 1.82) is 0 Å². The lowest BCUT2D eigenvalue weighted by atomic mass is 10.3. The standard InChI is InChI=1S/C15H20FN5O2/c1-11-19-14(15(22)18-8-7-17-9-10-23-2)20-21(11)13-5-3-12(16)4-6-13/h3-6,17H,7-10H2,1-2H3,(H,18,22). The summed E-state index contributed by atoms with van der Waals surface area (Å²) >= 11 is 0. The van der Waals surface area contributed by atoms with E-state index in [0.29, 0.717) is 31.2 Å². The minimum absolute atomic E-state index is 0.0868. The molecule has 0 atom stereocenters. The van der Waals surface area contributed by atoms with E-state index in [9.17, 15) is 9.18 Å². The normalized spacial score (nSPS) is 10.7. The van der Waals surface area contributed by atoms with Crippen LogP contribution in [0.4, 0.5) is 4.39 Å². The largest absolute Gasteiger partial charge is 0.383 e. The Morgan fingerprint density at radius 3 is 2.70 bits per heavy atom. The molecular weight excluding hydrogens is 301 g/mol. The Morgan fingerprint density at radius 1 is 1.26 bits per heavy atom. The molecule has 0 unspecified atom stereocenters. The number of amides is 1. The second-order valence-corrected chi connectivity index (χ2v) is 4.87. The van der Waals surface area contributed by atoms with Gasteiger partial charge in [-0.1, -0.05) is 0 Å². The number of nitrogens with one attached hydrogen (secondary N) is 2. The molecule has 1 heterocycles. The SMILES string of the molecule is COCCNCCNC(=O)c1nc(C)n(-c2ccc(F)cc2)n1. The summed E-state index contributed by atoms with van der Waals surface area (Å²) in [7, 11) is 1.63. The van der Waals surface area contributed by atoms with Gasteiger partial charge in [-0.2, -0.15) is 0 Å². The van der Waals surface area contributed by atoms with Crippen LogP contribution in [-0.2, 0) is 4.74 Å². The van der Waals surface area contributed by atoms with E-state index in [2.05, 4.69) is 20.7 Å². The summed E-state index contributed by atoms with van der Waals surface area (Å²) in [6, 6.07) is 5.83. The summed E-state index contributed by atoms with van der Waals surface area (Å²) in [5, 5.41) is 10.0. The van der Waals surface area contributed by atoms with Crippen LogP contribution in [0.15, 0.2) is 24.3 Å². The molecule has 1 aromatic heterocycles. The summed E-state index contributed by atoms with van der Waals surface area (Å²) in [6.45, 7) is 4.18. The van der Waals surface area contributed by atoms with Crippen molar-refractivity contribution in [2.45, 2.75) is 6.92 Å². The monoisotopic (exact) mass is 321 g/mol. The highest BCUT2D eigenvalue weighted by Crippen LogP contribution is 2.10. The fraction of sp³-hybridized carbons (Fsp3) is 0.400. The maximum absolute atomic E-state index is 13.0. The van der Waals surface area contributed by atoms with Crippen LogP contribution in [0.2, 0.25) is 0 Å². The topological polar surface area (TPSA) is 81.1 Å². The first kappa shape index (κ1) is 17.0. The molecule has 1 aromatic carbocycles. The number of nitrogens with zero attached hydrogens (tertiary/aromatic N) is 3. The van der Waals surface area contributed by atoms with Crippen LogP contribution in [0.3, 0.4) is 0 Å². The number of halogens is 1. The molecule has 0 spiro atoms. The summed E-state index contributed by atoms with van der Waals surface area (Å²) in [4.78, 5) is 16.2. The van der Waals surface area contributed by atoms with E-state index in [-0.39, 0.29) is 17.5 Å². The molecule has 1 amide bonds. The molecule has 2 N–H and O–H groups in total. The van der Waals surface area contributed by atoms with Crippen molar-refractivity contribution in [3.05, 3.63) is 41.7 Å². The fourth-order valence-electron chi connectivity index (χ4n) is 1.96. The Bertz CT molecular complexity index is 642. The van der Waals surface area contributed by atoms with Gasteiger partial charge in [0, 0.05) is 26.7 Å². The van der Waals surface area contributed by atoms with Crippen molar-refractivity contribution in [3.63, 3.8) is 0 Å². The molecule has 8 heteroatoms. The van der Waals surface area contributed by atoms with Crippen LogP contribution in [0.1, 0.15) is 16.4 Å². The second kappa shape index (κ2) is 8.35. The van der Waals surface area contributed by atoms with E-state index in [1.165, 1.54) is 16.8 Å². The van der Waals surface area contributed by atoms with Gasteiger partial charge in [-0.25, -0.2) is 14.1 Å². The van der Waals surface area contributed by atoms with E-state index >= 15 is 0 Å². The summed E-state index contributed by atoms with van der Waals surface area (Å²) < 4.78 is 19.4. The number of carbonyl (C=O) groups excluding carboxylic acids is 1. The third kappa shape index (κ3) is 4.83. The zero-order chi connectivity index (χ0) is 16.7. The zero-order valence-electron chi connectivity index (χ0n) is 13.2. The lowest BCUT2D eigenvalue weighted by molar-refractivity contribution is 0.0943. The van der Waals surface area contributed by atoms with Crippen LogP contribution in [-0.4, -0.2) is 54.0 Å². The molecule has 0 aliphatic rings. The van der Waals surface area contributed by atoms with Gasteiger partial charge in [0.05, 0.1) is 12.3 Å². The first-order valence-electron chi connectivity index (χ1n) is 7.29. The number of carbonyl (C=O) groups is 1. The Morgan fingerprint density at radius 2 is 2.00 bits per heavy atom. The molecular formula is C15H20FN5O2. The molecule has 0 bridgehead atoms. The van der Waals surface area contributed by atoms with Gasteiger partial charge in [0.15, 0.2) is 0 Å². The van der Waals surface area contributed by atoms with E-state index in [1.807, 2.05) is 0 Å². The molecule has 2 aromatic rings. The van der Waals surface area contributed by atoms with Gasteiger partial charge in [-0.3, -0.25) is 4.79 Å². The third-order valence-electron chi connectivity index (χ3n) is 3.11. The van der Waals surface area contributed by atoms with Crippen molar-refractivity contribution in [1.82, 2.24) is 25.4 Å². The maximum atomic E-state index is 13.0. The number of aromatic nitrogens is 3. The fourth-order valence-corrected chi connectivity index (χ4v) is 1.96. The highest BCUT2D eigenvalue weighted by molar-refractivity contribution is 5.90. The van der Waals surface area contributed by atoms with Crippen molar-refractivity contribution >= 4 is 5.91 Å². The molecule has 0 saturated carbocycles. The Labute approximate surface area is 133 Å². The molecule has 23 heavy (non-hydrogen) atoms. The number of aryl methyl sites for hydroxylation is 1. The number of rotatable bonds is 8. The summed E-state index contributed by atoms with van der Waals surface area (Å²) in [5.74, 6) is -0.0309. The smallest absolute Gasteiger partial charge is 0.291 e. The van der Waals surface area contributed by atoms with Gasteiger partial charge in [-0.05, 0) is 31.2 Å². The van der Waals surface area contributed by atoms with Crippen LogP contribution >= 0.6 is 0 Å². The van der Waals surface area contributed by atoms with Gasteiger partial charge in [0.2, 0.25) is 5.82 Å². The lowest BCUT2D eigenvalue weighted by Gasteiger charge is -2.04. The van der Waals surface area contributed by atoms with Gasteiger partial charge in [0.25, 0.3) is 5.91 Å². The highest BCUT2D eigenvalue weighted by atomic mass is 19.1. The number of hydrogen-bond acceptors (Lipinski definition) is 5. The number of hydrogen-bond donors (Lipinski definition) is 2. The van der Waals surface area contributed by atoms with Crippen LogP contribution in [0.25, 0.3) is 5.69 Å². The molecule has 0 aliphatic heterocycles. The van der Waals surface area contributed by atoms with Crippen LogP contribution in [0, 0.1) is 12.7 Å². The molecule has 0 saturated heterocycles. The summed E-state index contributed by atoms with van der Waals surface area (Å²) in [5.41, 5.74) is 0.650. The minimum atomic E-state index is -0.345. The quantitative estimate of drug-likeness (QED) is 0.699. The molecule has 7 nitrogen and oxygen atoms in total. The number of methoxy groups -OCH3 is 1. The minimum Gasteiger partial charge on any atom is -0.383 e. The predicted octanol–water partition coefficient (Wildman–Crippen LogP) is 0.681. The van der Waals surface area contributed by atoms with Crippen LogP contribution in [0.5, 0.6) is 0 Å². The average Bonchev–Trinajstić information content (AvgIpc) is 2.93. The van der Waals surface area contributed by atoms with Crippen molar-refractivity contribution in [2.75, 3.05) is 33.4 Å². The Hall–Kier alpha value is -2.32. The third-order valence-corrected chi connectivity index (χ3v) is 3.11. The first-order chi connectivity index (χ1) is 11.1. The van der Waals surface area contributed by atoms with Crippen molar-refractivity contribution in [3.8, 4) is 5.69 Å². The van der Waals surface area contributed by atoms with Crippen molar-refractivity contribution < 1.29 is 13.9 Å². The lowest BCUT2D eigenvalue weighted by Crippen LogP contribution is -2.33. The Kier molecular flexibility index (Phi) is 6.19. The summed E-state index contributed by atoms with van der Waals surface area (Å²) in [6.07, 6.45) is 0. The van der Waals surface area contributed by atoms with Crippen LogP contribution < -0.4 is 10.6 Å². The average molecular weight is 321 g/mol. The van der Waals surface area contributed by atoms with E-state index in [1.54, 1.807) is 26.2 Å². The molecule has 2 rings (SSSR count). The molecule has 0 radical (unpaired) electrons. The molecule has 0 aliphatic carbocycles. The van der Waals surface area contributed by atoms with Gasteiger partial charge < -0.3 is 15.4 Å². The first-order valence-corrected chi connectivity index (χ1v) is 7.29. The predicted molar refractivity (Wildman–Crippen MR) is 83.1 cm³/mol. The van der Waals surface area contributed by atoms with E-state index in [4.69, 9.17) is 4.74 Å². The van der Waals surface area contributed by atoms with Gasteiger partial charge in [-0.15, -0.1) is 5.10 Å². The number of benzene rings is 1. The second-order valence-electron chi connectivity index (χ2n) is 4.87. The molecule has 0 fully saturated rings. The Balaban J connectivity index is 1.92. The van der Waals surface area contributed by atoms with E-state index < -0.39 is 0 Å². The number of ether oxygens (including phenoxy) is 1. The van der Waals surface area contributed by atoms with E-state index in [0.717, 1.165) is 6.54 Å². The van der Waals surface area contributed by atoms with Crippen molar-refractivity contribution in [2.24, 2.45) is 0 Å². The van der Waals surface area contributed by atoms with Gasteiger partial charge in [0.1, 0.15) is 11.6 Å². The zero-order valence-corrected chi connectivity index (χ0v) is 13.2. The molecule has 124 valence electrons. The van der Waals surface area contributed by atoms with Gasteiger partial charge >= 0.3 is 0 Å². The maximum Gasteiger partial charge on any atom is 0.291 e.